The Morgan fingerprint density at radius 3 is 2.35 bits per heavy atom. The van der Waals surface area contributed by atoms with Crippen molar-refractivity contribution in [2.45, 2.75) is 4.90 Å². The molecule has 0 saturated heterocycles. The van der Waals surface area contributed by atoms with Gasteiger partial charge in [-0.2, -0.15) is 0 Å². The lowest BCUT2D eigenvalue weighted by atomic mass is 10.2. The number of amides is 2. The summed E-state index contributed by atoms with van der Waals surface area (Å²) in [6, 6.07) is 9.54. The molecule has 26 heavy (non-hydrogen) atoms. The zero-order valence-corrected chi connectivity index (χ0v) is 14.1. The molecule has 2 rings (SSSR count). The quantitative estimate of drug-likeness (QED) is 0.567. The van der Waals surface area contributed by atoms with Gasteiger partial charge < -0.3 is 15.8 Å². The fraction of sp³-hybridized carbons (Fsp3) is 0.118. The molecule has 0 unspecified atom stereocenters. The van der Waals surface area contributed by atoms with Gasteiger partial charge in [-0.15, -0.1) is 11.8 Å². The van der Waals surface area contributed by atoms with Gasteiger partial charge in [-0.1, -0.05) is 18.2 Å². The van der Waals surface area contributed by atoms with Crippen molar-refractivity contribution in [3.05, 3.63) is 59.7 Å². The second-order valence-electron chi connectivity index (χ2n) is 4.97. The minimum absolute atomic E-state index is 0.0223. The summed E-state index contributed by atoms with van der Waals surface area (Å²) < 4.78 is 31.6. The fourth-order valence-electron chi connectivity index (χ4n) is 1.93. The average Bonchev–Trinajstić information content (AvgIpc) is 2.59. The summed E-state index contributed by atoms with van der Waals surface area (Å²) in [5, 5.41) is 2.49. The molecule has 136 valence electrons. The molecule has 2 aromatic carbocycles. The lowest BCUT2D eigenvalue weighted by Gasteiger charge is -2.11. The van der Waals surface area contributed by atoms with E-state index in [9.17, 15) is 23.2 Å². The van der Waals surface area contributed by atoms with Crippen LogP contribution in [0.2, 0.25) is 0 Å². The van der Waals surface area contributed by atoms with E-state index in [-0.39, 0.29) is 5.75 Å². The van der Waals surface area contributed by atoms with Crippen LogP contribution in [0.1, 0.15) is 10.4 Å². The first-order valence-corrected chi connectivity index (χ1v) is 8.28. The average molecular weight is 380 g/mol. The molecule has 2 amide bonds. The molecule has 0 saturated carbocycles. The van der Waals surface area contributed by atoms with Gasteiger partial charge in [0.25, 0.3) is 5.91 Å². The molecule has 3 N–H and O–H groups in total. The first kappa shape index (κ1) is 19.4. The lowest BCUT2D eigenvalue weighted by molar-refractivity contribution is -0.119. The molecule has 0 heterocycles. The van der Waals surface area contributed by atoms with Crippen molar-refractivity contribution < 1.29 is 27.9 Å². The minimum atomic E-state index is -1.29. The topological polar surface area (TPSA) is 98.5 Å². The normalized spacial score (nSPS) is 10.2. The SMILES string of the molecule is NC(=O)CSc1ccccc1NC(=O)COC(=O)c1c(F)cccc1F. The number of nitrogens with one attached hydrogen (secondary N) is 1. The number of benzene rings is 2. The Morgan fingerprint density at radius 2 is 1.69 bits per heavy atom. The van der Waals surface area contributed by atoms with Crippen molar-refractivity contribution in [2.24, 2.45) is 5.73 Å². The van der Waals surface area contributed by atoms with Gasteiger partial charge in [-0.25, -0.2) is 13.6 Å². The molecule has 6 nitrogen and oxygen atoms in total. The maximum atomic E-state index is 13.5. The van der Waals surface area contributed by atoms with E-state index < -0.39 is 41.6 Å². The number of primary amides is 1. The van der Waals surface area contributed by atoms with E-state index in [1.54, 1.807) is 24.3 Å². The molecule has 0 fully saturated rings. The predicted octanol–water partition coefficient (Wildman–Crippen LogP) is 2.34. The number of nitrogens with two attached hydrogens (primary N) is 1. The summed E-state index contributed by atoms with van der Waals surface area (Å²) in [5.41, 5.74) is 4.61. The van der Waals surface area contributed by atoms with Gasteiger partial charge in [0.2, 0.25) is 5.91 Å². The van der Waals surface area contributed by atoms with E-state index in [1.165, 1.54) is 0 Å². The van der Waals surface area contributed by atoms with Crippen LogP contribution in [-0.4, -0.2) is 30.1 Å². The minimum Gasteiger partial charge on any atom is -0.452 e. The highest BCUT2D eigenvalue weighted by Crippen LogP contribution is 2.26. The first-order valence-electron chi connectivity index (χ1n) is 7.29. The summed E-state index contributed by atoms with van der Waals surface area (Å²) >= 11 is 1.13. The van der Waals surface area contributed by atoms with Gasteiger partial charge in [0.05, 0.1) is 11.4 Å². The van der Waals surface area contributed by atoms with Gasteiger partial charge >= 0.3 is 5.97 Å². The number of carbonyl (C=O) groups excluding carboxylic acids is 3. The van der Waals surface area contributed by atoms with Gasteiger partial charge in [-0.05, 0) is 24.3 Å². The van der Waals surface area contributed by atoms with Gasteiger partial charge in [-0.3, -0.25) is 9.59 Å². The van der Waals surface area contributed by atoms with Crippen LogP contribution < -0.4 is 11.1 Å². The Bertz CT molecular complexity index is 825. The van der Waals surface area contributed by atoms with E-state index in [0.717, 1.165) is 30.0 Å². The molecule has 0 radical (unpaired) electrons. The highest BCUT2D eigenvalue weighted by molar-refractivity contribution is 8.00. The summed E-state index contributed by atoms with van der Waals surface area (Å²) in [7, 11) is 0. The molecule has 0 aromatic heterocycles. The van der Waals surface area contributed by atoms with Crippen molar-refractivity contribution >= 4 is 35.2 Å². The van der Waals surface area contributed by atoms with Crippen LogP contribution in [0, 0.1) is 11.6 Å². The lowest BCUT2D eigenvalue weighted by Crippen LogP contribution is -2.22. The molecule has 0 spiro atoms. The molecule has 2 aromatic rings. The number of esters is 1. The largest absolute Gasteiger partial charge is 0.452 e. The van der Waals surface area contributed by atoms with Crippen LogP contribution in [0.4, 0.5) is 14.5 Å². The third-order valence-corrected chi connectivity index (χ3v) is 4.13. The number of ether oxygens (including phenoxy) is 1. The highest BCUT2D eigenvalue weighted by Gasteiger charge is 2.19. The van der Waals surface area contributed by atoms with E-state index in [4.69, 9.17) is 5.73 Å². The molecular formula is C17H14F2N2O4S. The van der Waals surface area contributed by atoms with Crippen molar-refractivity contribution in [2.75, 3.05) is 17.7 Å². The second kappa shape index (κ2) is 8.95. The third kappa shape index (κ3) is 5.28. The smallest absolute Gasteiger partial charge is 0.344 e. The predicted molar refractivity (Wildman–Crippen MR) is 91.6 cm³/mol. The van der Waals surface area contributed by atoms with E-state index in [1.807, 2.05) is 0 Å². The Morgan fingerprint density at radius 1 is 1.04 bits per heavy atom. The molecule has 0 aliphatic carbocycles. The van der Waals surface area contributed by atoms with E-state index >= 15 is 0 Å². The van der Waals surface area contributed by atoms with Crippen LogP contribution in [0.25, 0.3) is 0 Å². The number of hydrogen-bond acceptors (Lipinski definition) is 5. The Hall–Kier alpha value is -2.94. The van der Waals surface area contributed by atoms with Crippen molar-refractivity contribution in [3.63, 3.8) is 0 Å². The highest BCUT2D eigenvalue weighted by atomic mass is 32.2. The van der Waals surface area contributed by atoms with E-state index in [0.29, 0.717) is 10.6 Å². The monoisotopic (exact) mass is 380 g/mol. The zero-order valence-electron chi connectivity index (χ0n) is 13.3. The number of para-hydroxylation sites is 1. The number of thioether (sulfide) groups is 1. The van der Waals surface area contributed by atoms with Crippen LogP contribution in [0.5, 0.6) is 0 Å². The van der Waals surface area contributed by atoms with Crippen LogP contribution in [0.3, 0.4) is 0 Å². The molecule has 0 atom stereocenters. The maximum absolute atomic E-state index is 13.5. The summed E-state index contributed by atoms with van der Waals surface area (Å²) in [6.45, 7) is -0.735. The zero-order chi connectivity index (χ0) is 19.1. The van der Waals surface area contributed by atoms with Gasteiger partial charge in [0.1, 0.15) is 17.2 Å². The summed E-state index contributed by atoms with van der Waals surface area (Å²) in [5.74, 6) is -4.65. The van der Waals surface area contributed by atoms with Crippen LogP contribution in [-0.2, 0) is 14.3 Å². The number of anilines is 1. The van der Waals surface area contributed by atoms with Crippen LogP contribution >= 0.6 is 11.8 Å². The van der Waals surface area contributed by atoms with Crippen LogP contribution in [0.15, 0.2) is 47.4 Å². The Kier molecular flexibility index (Phi) is 6.67. The number of carbonyl (C=O) groups is 3. The van der Waals surface area contributed by atoms with Gasteiger partial charge in [0.15, 0.2) is 6.61 Å². The number of rotatable bonds is 7. The van der Waals surface area contributed by atoms with Crippen molar-refractivity contribution in [1.82, 2.24) is 0 Å². The van der Waals surface area contributed by atoms with Gasteiger partial charge in [0, 0.05) is 4.90 Å². The summed E-state index contributed by atoms with van der Waals surface area (Å²) in [4.78, 5) is 35.1. The van der Waals surface area contributed by atoms with E-state index in [2.05, 4.69) is 10.1 Å². The second-order valence-corrected chi connectivity index (χ2v) is 5.99. The maximum Gasteiger partial charge on any atom is 0.344 e. The van der Waals surface area contributed by atoms with Crippen molar-refractivity contribution in [3.8, 4) is 0 Å². The molecule has 0 aliphatic rings. The standard InChI is InChI=1S/C17H14F2N2O4S/c18-10-4-3-5-11(19)16(10)17(24)25-8-15(23)21-12-6-1-2-7-13(12)26-9-14(20)22/h1-7H,8-9H2,(H2,20,22)(H,21,23). The fourth-order valence-corrected chi connectivity index (χ4v) is 2.67. The Balaban J connectivity index is 1.97. The molecule has 9 heteroatoms. The first-order chi connectivity index (χ1) is 12.4. The molecule has 0 bridgehead atoms. The third-order valence-electron chi connectivity index (χ3n) is 3.03. The summed E-state index contributed by atoms with van der Waals surface area (Å²) in [6.07, 6.45) is 0. The Labute approximate surface area is 151 Å². The number of hydrogen-bond donors (Lipinski definition) is 2. The van der Waals surface area contributed by atoms with Crippen molar-refractivity contribution in [1.29, 1.82) is 0 Å². The number of halogens is 2. The molecule has 0 aliphatic heterocycles. The molecular weight excluding hydrogens is 366 g/mol.